The third kappa shape index (κ3) is 4.01. The number of aryl methyl sites for hydroxylation is 2. The van der Waals surface area contributed by atoms with Crippen molar-refractivity contribution in [3.05, 3.63) is 70.8 Å². The van der Waals surface area contributed by atoms with Crippen LogP contribution in [0.5, 0.6) is 0 Å². The van der Waals surface area contributed by atoms with E-state index in [1.807, 2.05) is 16.8 Å². The Labute approximate surface area is 189 Å². The van der Waals surface area contributed by atoms with Crippen molar-refractivity contribution in [2.45, 2.75) is 51.6 Å². The SMILES string of the molecule is Cc1ccc(C)c(N2CCN(C(c3ccccc3F)c3nnnn3C3CCCC3)CC2)c1. The molecule has 1 aromatic heterocycles. The maximum atomic E-state index is 15.0. The molecule has 168 valence electrons. The summed E-state index contributed by atoms with van der Waals surface area (Å²) in [5, 5.41) is 12.8. The Kier molecular flexibility index (Phi) is 5.91. The van der Waals surface area contributed by atoms with Gasteiger partial charge in [0.25, 0.3) is 0 Å². The lowest BCUT2D eigenvalue weighted by molar-refractivity contribution is 0.194. The van der Waals surface area contributed by atoms with Crippen molar-refractivity contribution in [3.8, 4) is 0 Å². The maximum absolute atomic E-state index is 15.0. The summed E-state index contributed by atoms with van der Waals surface area (Å²) in [6.45, 7) is 7.73. The molecule has 2 aliphatic rings. The van der Waals surface area contributed by atoms with Gasteiger partial charge in [-0.2, -0.15) is 0 Å². The molecule has 1 saturated heterocycles. The number of tetrazole rings is 1. The van der Waals surface area contributed by atoms with Gasteiger partial charge >= 0.3 is 0 Å². The van der Waals surface area contributed by atoms with Gasteiger partial charge in [-0.15, -0.1) is 5.10 Å². The van der Waals surface area contributed by atoms with Crippen molar-refractivity contribution in [3.63, 3.8) is 0 Å². The van der Waals surface area contributed by atoms with Crippen LogP contribution < -0.4 is 4.90 Å². The van der Waals surface area contributed by atoms with Gasteiger partial charge in [-0.25, -0.2) is 9.07 Å². The minimum Gasteiger partial charge on any atom is -0.369 e. The van der Waals surface area contributed by atoms with E-state index in [1.54, 1.807) is 12.1 Å². The first-order chi connectivity index (χ1) is 15.6. The molecule has 7 heteroatoms. The molecule has 3 aromatic rings. The fourth-order valence-electron chi connectivity index (χ4n) is 5.27. The minimum atomic E-state index is -0.285. The second-order valence-electron chi connectivity index (χ2n) is 9.16. The fraction of sp³-hybridized carbons (Fsp3) is 0.480. The van der Waals surface area contributed by atoms with Crippen LogP contribution in [-0.4, -0.2) is 51.3 Å². The number of hydrogen-bond acceptors (Lipinski definition) is 5. The summed E-state index contributed by atoms with van der Waals surface area (Å²) in [5.41, 5.74) is 4.51. The highest BCUT2D eigenvalue weighted by Crippen LogP contribution is 2.35. The topological polar surface area (TPSA) is 50.1 Å². The van der Waals surface area contributed by atoms with Crippen LogP contribution in [-0.2, 0) is 0 Å². The molecule has 0 spiro atoms. The second kappa shape index (κ2) is 8.98. The highest BCUT2D eigenvalue weighted by Gasteiger charge is 2.34. The number of anilines is 1. The third-order valence-electron chi connectivity index (χ3n) is 7.02. The number of hydrogen-bond donors (Lipinski definition) is 0. The molecule has 0 N–H and O–H groups in total. The normalized spacial score (nSPS) is 18.9. The average Bonchev–Trinajstić information content (AvgIpc) is 3.50. The van der Waals surface area contributed by atoms with Gasteiger partial charge in [-0.1, -0.05) is 43.2 Å². The van der Waals surface area contributed by atoms with Crippen LogP contribution in [0.1, 0.15) is 60.3 Å². The lowest BCUT2D eigenvalue weighted by atomic mass is 10.0. The highest BCUT2D eigenvalue weighted by atomic mass is 19.1. The van der Waals surface area contributed by atoms with E-state index in [0.717, 1.165) is 44.8 Å². The molecule has 0 radical (unpaired) electrons. The first-order valence-corrected chi connectivity index (χ1v) is 11.7. The number of benzene rings is 2. The molecule has 5 rings (SSSR count). The van der Waals surface area contributed by atoms with E-state index in [2.05, 4.69) is 57.4 Å². The maximum Gasteiger partial charge on any atom is 0.173 e. The van der Waals surface area contributed by atoms with E-state index in [-0.39, 0.29) is 11.9 Å². The number of aromatic nitrogens is 4. The molecule has 32 heavy (non-hydrogen) atoms. The second-order valence-corrected chi connectivity index (χ2v) is 9.16. The van der Waals surface area contributed by atoms with Crippen LogP contribution in [0.25, 0.3) is 0 Å². The van der Waals surface area contributed by atoms with E-state index in [4.69, 9.17) is 0 Å². The van der Waals surface area contributed by atoms with Gasteiger partial charge in [0.15, 0.2) is 5.82 Å². The Morgan fingerprint density at radius 2 is 1.72 bits per heavy atom. The quantitative estimate of drug-likeness (QED) is 0.594. The largest absolute Gasteiger partial charge is 0.369 e. The lowest BCUT2D eigenvalue weighted by Gasteiger charge is -2.40. The van der Waals surface area contributed by atoms with Crippen LogP contribution in [0.3, 0.4) is 0 Å². The zero-order valence-corrected chi connectivity index (χ0v) is 18.9. The standard InChI is InChI=1S/C25H31FN6/c1-18-11-12-19(2)23(17-18)30-13-15-31(16-14-30)24(21-9-5-6-10-22(21)26)25-27-28-29-32(25)20-7-3-4-8-20/h5-6,9-12,17,20,24H,3-4,7-8,13-16H2,1-2H3. The van der Waals surface area contributed by atoms with Crippen LogP contribution >= 0.6 is 0 Å². The van der Waals surface area contributed by atoms with Gasteiger partial charge in [-0.05, 0) is 60.4 Å². The summed E-state index contributed by atoms with van der Waals surface area (Å²) in [7, 11) is 0. The molecule has 1 saturated carbocycles. The molecule has 0 amide bonds. The Balaban J connectivity index is 1.45. The highest BCUT2D eigenvalue weighted by molar-refractivity contribution is 5.55. The number of rotatable bonds is 5. The van der Waals surface area contributed by atoms with Crippen molar-refractivity contribution in [1.29, 1.82) is 0 Å². The Morgan fingerprint density at radius 3 is 2.47 bits per heavy atom. The summed E-state index contributed by atoms with van der Waals surface area (Å²) in [6.07, 6.45) is 4.57. The van der Waals surface area contributed by atoms with Gasteiger partial charge in [0.05, 0.1) is 6.04 Å². The Bertz CT molecular complexity index is 1070. The molecule has 1 aliphatic heterocycles. The van der Waals surface area contributed by atoms with Crippen molar-refractivity contribution in [1.82, 2.24) is 25.1 Å². The third-order valence-corrected chi connectivity index (χ3v) is 7.02. The Hall–Kier alpha value is -2.80. The van der Waals surface area contributed by atoms with Crippen molar-refractivity contribution >= 4 is 5.69 Å². The summed E-state index contributed by atoms with van der Waals surface area (Å²) in [6, 6.07) is 13.7. The van der Waals surface area contributed by atoms with Crippen molar-refractivity contribution in [2.24, 2.45) is 0 Å². The first kappa shape index (κ1) is 21.1. The van der Waals surface area contributed by atoms with Gasteiger partial charge in [0.2, 0.25) is 0 Å². The summed E-state index contributed by atoms with van der Waals surface area (Å²) in [4.78, 5) is 4.79. The van der Waals surface area contributed by atoms with Crippen LogP contribution in [0, 0.1) is 19.7 Å². The molecular weight excluding hydrogens is 403 g/mol. The predicted octanol–water partition coefficient (Wildman–Crippen LogP) is 4.46. The van der Waals surface area contributed by atoms with Crippen molar-refractivity contribution < 1.29 is 4.39 Å². The zero-order valence-electron chi connectivity index (χ0n) is 18.9. The van der Waals surface area contributed by atoms with Crippen molar-refractivity contribution in [2.75, 3.05) is 31.1 Å². The number of piperazine rings is 1. The smallest absolute Gasteiger partial charge is 0.173 e. The molecule has 0 bridgehead atoms. The molecule has 2 aromatic carbocycles. The molecule has 1 aliphatic carbocycles. The van der Waals surface area contributed by atoms with Crippen LogP contribution in [0.4, 0.5) is 10.1 Å². The number of halogens is 1. The summed E-state index contributed by atoms with van der Waals surface area (Å²) in [5.74, 6) is 0.567. The zero-order chi connectivity index (χ0) is 22.1. The van der Waals surface area contributed by atoms with Gasteiger partial charge in [0, 0.05) is 37.4 Å². The summed E-state index contributed by atoms with van der Waals surface area (Å²) >= 11 is 0. The predicted molar refractivity (Wildman–Crippen MR) is 123 cm³/mol. The Morgan fingerprint density at radius 1 is 0.969 bits per heavy atom. The van der Waals surface area contributed by atoms with E-state index >= 15 is 4.39 Å². The molecule has 6 nitrogen and oxygen atoms in total. The van der Waals surface area contributed by atoms with Gasteiger partial charge < -0.3 is 4.90 Å². The van der Waals surface area contributed by atoms with Gasteiger partial charge in [0.1, 0.15) is 11.9 Å². The lowest BCUT2D eigenvalue weighted by Crippen LogP contribution is -2.48. The molecule has 1 atom stereocenters. The van der Waals surface area contributed by atoms with E-state index in [9.17, 15) is 0 Å². The van der Waals surface area contributed by atoms with E-state index in [0.29, 0.717) is 11.6 Å². The molecule has 2 heterocycles. The molecule has 2 fully saturated rings. The molecular formula is C25H31FN6. The number of nitrogens with zero attached hydrogens (tertiary/aromatic N) is 6. The van der Waals surface area contributed by atoms with E-state index in [1.165, 1.54) is 29.7 Å². The minimum absolute atomic E-state index is 0.199. The summed E-state index contributed by atoms with van der Waals surface area (Å²) < 4.78 is 17.0. The van der Waals surface area contributed by atoms with Crippen LogP contribution in [0.2, 0.25) is 0 Å². The monoisotopic (exact) mass is 434 g/mol. The van der Waals surface area contributed by atoms with Gasteiger partial charge in [-0.3, -0.25) is 4.90 Å². The first-order valence-electron chi connectivity index (χ1n) is 11.7. The van der Waals surface area contributed by atoms with Crippen LogP contribution in [0.15, 0.2) is 42.5 Å². The fourth-order valence-corrected chi connectivity index (χ4v) is 5.27. The molecule has 1 unspecified atom stereocenters. The van der Waals surface area contributed by atoms with E-state index < -0.39 is 0 Å². The average molecular weight is 435 g/mol.